The molecule has 0 saturated heterocycles. The number of carboxylic acid groups (broad SMARTS) is 1. The first kappa shape index (κ1) is 22.5. The van der Waals surface area contributed by atoms with E-state index in [9.17, 15) is 23.5 Å². The molecule has 4 radical (unpaired) electrons. The van der Waals surface area contributed by atoms with E-state index in [-0.39, 0.29) is 22.8 Å². The first-order valence-electron chi connectivity index (χ1n) is 8.63. The van der Waals surface area contributed by atoms with Crippen LogP contribution in [0.5, 0.6) is 5.75 Å². The van der Waals surface area contributed by atoms with E-state index in [1.54, 1.807) is 6.92 Å². The number of halogens is 3. The summed E-state index contributed by atoms with van der Waals surface area (Å²) in [6.07, 6.45) is 2.00. The summed E-state index contributed by atoms with van der Waals surface area (Å²) >= 11 is 6.16. The molecule has 0 amide bonds. The Labute approximate surface area is 182 Å². The third-order valence-corrected chi connectivity index (χ3v) is 4.64. The van der Waals surface area contributed by atoms with E-state index < -0.39 is 39.3 Å². The predicted octanol–water partition coefficient (Wildman–Crippen LogP) is 2.40. The number of carboxylic acids is 1. The van der Waals surface area contributed by atoms with Crippen molar-refractivity contribution in [2.24, 2.45) is 0 Å². The van der Waals surface area contributed by atoms with Crippen LogP contribution < -0.4 is 10.3 Å². The van der Waals surface area contributed by atoms with Crippen molar-refractivity contribution in [2.45, 2.75) is 19.2 Å². The van der Waals surface area contributed by atoms with Crippen molar-refractivity contribution in [2.75, 3.05) is 0 Å². The molecule has 0 bridgehead atoms. The Hall–Kier alpha value is -3.20. The molecule has 0 aliphatic heterocycles. The van der Waals surface area contributed by atoms with Crippen molar-refractivity contribution in [1.29, 1.82) is 0 Å². The number of nitrogens with zero attached hydrogens (tertiary/aromatic N) is 3. The van der Waals surface area contributed by atoms with Crippen molar-refractivity contribution < 1.29 is 23.4 Å². The third-order valence-electron chi connectivity index (χ3n) is 4.29. The highest BCUT2D eigenvalue weighted by atomic mass is 35.5. The van der Waals surface area contributed by atoms with Gasteiger partial charge in [-0.2, -0.15) is 0 Å². The lowest BCUT2D eigenvalue weighted by molar-refractivity contribution is 0.0690. The van der Waals surface area contributed by atoms with Crippen LogP contribution in [0.25, 0.3) is 5.69 Å². The number of ether oxygens (including phenoxy) is 1. The Balaban J connectivity index is 2.10. The summed E-state index contributed by atoms with van der Waals surface area (Å²) in [6.45, 7) is 3.16. The van der Waals surface area contributed by atoms with Crippen LogP contribution in [0.3, 0.4) is 0 Å². The van der Waals surface area contributed by atoms with Gasteiger partial charge in [0.1, 0.15) is 49.5 Å². The molecule has 7 nitrogen and oxygen atoms in total. The molecule has 0 aliphatic carbocycles. The average molecular weight is 441 g/mol. The van der Waals surface area contributed by atoms with Gasteiger partial charge in [-0.25, -0.2) is 18.6 Å². The van der Waals surface area contributed by atoms with E-state index in [1.165, 1.54) is 25.3 Å². The molecule has 12 heteroatoms. The number of rotatable bonds is 5. The Bertz CT molecular complexity index is 1270. The number of hydrogen-bond donors (Lipinski definition) is 1. The lowest BCUT2D eigenvalue weighted by Gasteiger charge is -2.28. The number of aromatic carboxylic acids is 1. The smallest absolute Gasteiger partial charge is 0.354 e. The van der Waals surface area contributed by atoms with Gasteiger partial charge in [0, 0.05) is 24.0 Å². The van der Waals surface area contributed by atoms with Gasteiger partial charge in [-0.3, -0.25) is 14.3 Å². The summed E-state index contributed by atoms with van der Waals surface area (Å²) in [5.74, 6) is -3.65. The zero-order valence-electron chi connectivity index (χ0n) is 16.2. The molecule has 0 saturated carbocycles. The zero-order chi connectivity index (χ0) is 23.1. The van der Waals surface area contributed by atoms with E-state index in [4.69, 9.17) is 32.0 Å². The summed E-state index contributed by atoms with van der Waals surface area (Å²) < 4.78 is 33.7. The number of carbonyl (C=O) groups is 1. The number of hydrogen-bond acceptors (Lipinski definition) is 5. The predicted molar refractivity (Wildman–Crippen MR) is 109 cm³/mol. The molecule has 154 valence electrons. The van der Waals surface area contributed by atoms with Crippen molar-refractivity contribution in [1.82, 2.24) is 14.5 Å². The molecule has 0 atom stereocenters. The van der Waals surface area contributed by atoms with Crippen LogP contribution in [-0.2, 0) is 5.40 Å². The van der Waals surface area contributed by atoms with Crippen LogP contribution in [0.15, 0.2) is 35.4 Å². The van der Waals surface area contributed by atoms with E-state index in [1.807, 2.05) is 0 Å². The van der Waals surface area contributed by atoms with E-state index in [2.05, 4.69) is 9.97 Å². The molecule has 0 fully saturated rings. The maximum Gasteiger partial charge on any atom is 0.354 e. The van der Waals surface area contributed by atoms with Gasteiger partial charge in [0.25, 0.3) is 5.56 Å². The second kappa shape index (κ2) is 8.14. The maximum atomic E-state index is 14.0. The van der Waals surface area contributed by atoms with Crippen LogP contribution >= 0.6 is 11.6 Å². The minimum absolute atomic E-state index is 0.237. The van der Waals surface area contributed by atoms with Gasteiger partial charge >= 0.3 is 5.97 Å². The summed E-state index contributed by atoms with van der Waals surface area (Å²) in [7, 11) is 11.6. The maximum absolute atomic E-state index is 14.0. The Morgan fingerprint density at radius 3 is 2.48 bits per heavy atom. The van der Waals surface area contributed by atoms with Gasteiger partial charge in [-0.1, -0.05) is 11.6 Å². The summed E-state index contributed by atoms with van der Waals surface area (Å²) in [5.41, 5.74) is -0.637. The molecule has 3 rings (SSSR count). The van der Waals surface area contributed by atoms with E-state index >= 15 is 0 Å². The normalized spacial score (nSPS) is 11.4. The second-order valence-corrected chi connectivity index (χ2v) is 7.02. The largest absolute Gasteiger partial charge is 0.499 e. The average Bonchev–Trinajstić information content (AvgIpc) is 2.66. The Morgan fingerprint density at radius 2 is 1.87 bits per heavy atom. The standard InChI is InChI=1S/C19H12B2ClF2N3O4/c1-8-6-25-12(18(29)30)5-13(8)27-9(2)3-14(15(22)17(27)28)31-19(20,21)16-11(24)4-10(23)7-26-16/h3-7H,1-2H3,(H,29,30). The molecular formula is C19H12B2ClF2N3O4. The highest BCUT2D eigenvalue weighted by Gasteiger charge is 2.29. The first-order valence-corrected chi connectivity index (χ1v) is 9.01. The minimum atomic E-state index is -2.38. The lowest BCUT2D eigenvalue weighted by atomic mass is 9.62. The second-order valence-electron chi connectivity index (χ2n) is 6.64. The molecule has 0 spiro atoms. The van der Waals surface area contributed by atoms with Crippen LogP contribution in [0.4, 0.5) is 8.78 Å². The molecule has 3 aromatic heterocycles. The highest BCUT2D eigenvalue weighted by molar-refractivity contribution is 6.39. The minimum Gasteiger partial charge on any atom is -0.499 e. The summed E-state index contributed by atoms with van der Waals surface area (Å²) in [4.78, 5) is 31.5. The van der Waals surface area contributed by atoms with E-state index in [0.717, 1.165) is 4.57 Å². The van der Waals surface area contributed by atoms with Gasteiger partial charge < -0.3 is 9.84 Å². The lowest BCUT2D eigenvalue weighted by Crippen LogP contribution is -2.37. The van der Waals surface area contributed by atoms with E-state index in [0.29, 0.717) is 17.8 Å². The van der Waals surface area contributed by atoms with Crippen LogP contribution in [0.2, 0.25) is 5.02 Å². The van der Waals surface area contributed by atoms with Crippen molar-refractivity contribution in [3.63, 3.8) is 0 Å². The van der Waals surface area contributed by atoms with Gasteiger partial charge in [0.05, 0.1) is 17.3 Å². The number of aromatic nitrogens is 3. The molecule has 3 aromatic rings. The fourth-order valence-electron chi connectivity index (χ4n) is 2.86. The Kier molecular flexibility index (Phi) is 5.91. The fraction of sp³-hybridized carbons (Fsp3) is 0.158. The van der Waals surface area contributed by atoms with Crippen molar-refractivity contribution in [3.8, 4) is 11.4 Å². The molecule has 3 heterocycles. The number of pyridine rings is 3. The van der Waals surface area contributed by atoms with Gasteiger partial charge in [-0.15, -0.1) is 0 Å². The van der Waals surface area contributed by atoms with Crippen molar-refractivity contribution >= 4 is 33.3 Å². The third kappa shape index (κ3) is 4.32. The van der Waals surface area contributed by atoms with Crippen molar-refractivity contribution in [3.05, 3.63) is 80.2 Å². The van der Waals surface area contributed by atoms with Gasteiger partial charge in [0.2, 0.25) is 0 Å². The topological polar surface area (TPSA) is 94.3 Å². The van der Waals surface area contributed by atoms with Crippen LogP contribution in [0, 0.1) is 25.5 Å². The van der Waals surface area contributed by atoms with Gasteiger partial charge in [-0.05, 0) is 25.5 Å². The monoisotopic (exact) mass is 441 g/mol. The quantitative estimate of drug-likeness (QED) is 0.611. The van der Waals surface area contributed by atoms with Crippen LogP contribution in [0.1, 0.15) is 27.4 Å². The van der Waals surface area contributed by atoms with Crippen LogP contribution in [-0.4, -0.2) is 41.3 Å². The molecule has 31 heavy (non-hydrogen) atoms. The Morgan fingerprint density at radius 1 is 1.19 bits per heavy atom. The summed E-state index contributed by atoms with van der Waals surface area (Å²) in [6, 6.07) is 3.05. The number of aryl methyl sites for hydroxylation is 2. The molecule has 0 aromatic carbocycles. The highest BCUT2D eigenvalue weighted by Crippen LogP contribution is 2.30. The molecule has 0 aliphatic rings. The molecule has 1 N–H and O–H groups in total. The first-order chi connectivity index (χ1) is 14.4. The molecule has 0 unspecified atom stereocenters. The SMILES string of the molecule is [B]C([B])(Oc1cc(C)n(-c2cc(C(=O)O)ncc2C)c(=O)c1Cl)c1ncc(F)cc1F. The zero-order valence-corrected chi connectivity index (χ0v) is 16.9. The fourth-order valence-corrected chi connectivity index (χ4v) is 3.04. The molecular weight excluding hydrogens is 429 g/mol. The van der Waals surface area contributed by atoms with Gasteiger partial charge in [0.15, 0.2) is 0 Å². The summed E-state index contributed by atoms with van der Waals surface area (Å²) in [5, 5.41) is 6.34.